The Morgan fingerprint density at radius 2 is 2.03 bits per heavy atom. The Morgan fingerprint density at radius 3 is 2.73 bits per heavy atom. The molecule has 1 N–H and O–H groups in total. The van der Waals surface area contributed by atoms with Gasteiger partial charge in [0, 0.05) is 12.2 Å². The van der Waals surface area contributed by atoms with Gasteiger partial charge in [0.15, 0.2) is 0 Å². The SMILES string of the molecule is CCCc1cc(C(=O)N2CC(=O)N3[C@@H](C[C@H](C(=O)OC)[C@@H]3c3ccccc3)C2)n[nH]1. The highest BCUT2D eigenvalue weighted by Gasteiger charge is 2.51. The number of fused-ring (bicyclic) bond motifs is 1. The van der Waals surface area contributed by atoms with E-state index in [0.717, 1.165) is 24.1 Å². The maximum atomic E-state index is 13.1. The number of hydrogen-bond donors (Lipinski definition) is 1. The number of aromatic amines is 1. The van der Waals surface area contributed by atoms with Crippen LogP contribution in [0.5, 0.6) is 0 Å². The first-order valence-corrected chi connectivity index (χ1v) is 10.3. The first-order chi connectivity index (χ1) is 14.5. The van der Waals surface area contributed by atoms with Gasteiger partial charge >= 0.3 is 5.97 Å². The minimum absolute atomic E-state index is 0.0253. The quantitative estimate of drug-likeness (QED) is 0.760. The molecular formula is C22H26N4O4. The van der Waals surface area contributed by atoms with Crippen LogP contribution in [0.4, 0.5) is 0 Å². The number of esters is 1. The van der Waals surface area contributed by atoms with Crippen molar-refractivity contribution in [3.05, 3.63) is 53.3 Å². The summed E-state index contributed by atoms with van der Waals surface area (Å²) in [4.78, 5) is 41.9. The fourth-order valence-electron chi connectivity index (χ4n) is 4.65. The van der Waals surface area contributed by atoms with E-state index >= 15 is 0 Å². The van der Waals surface area contributed by atoms with Gasteiger partial charge < -0.3 is 14.5 Å². The molecule has 1 aromatic heterocycles. The van der Waals surface area contributed by atoms with E-state index in [1.165, 1.54) is 12.0 Å². The van der Waals surface area contributed by atoms with Gasteiger partial charge in [-0.1, -0.05) is 43.7 Å². The Bertz CT molecular complexity index is 942. The number of nitrogens with one attached hydrogen (secondary N) is 1. The van der Waals surface area contributed by atoms with Crippen LogP contribution in [-0.4, -0.2) is 64.0 Å². The average molecular weight is 410 g/mol. The van der Waals surface area contributed by atoms with Crippen molar-refractivity contribution in [2.75, 3.05) is 20.2 Å². The summed E-state index contributed by atoms with van der Waals surface area (Å²) in [7, 11) is 1.37. The van der Waals surface area contributed by atoms with Crippen LogP contribution in [0.2, 0.25) is 0 Å². The highest BCUT2D eigenvalue weighted by molar-refractivity contribution is 5.96. The Morgan fingerprint density at radius 1 is 1.27 bits per heavy atom. The minimum atomic E-state index is -0.456. The molecule has 0 saturated carbocycles. The topological polar surface area (TPSA) is 95.6 Å². The third kappa shape index (κ3) is 3.58. The molecule has 2 amide bonds. The van der Waals surface area contributed by atoms with Crippen LogP contribution in [0, 0.1) is 5.92 Å². The summed E-state index contributed by atoms with van der Waals surface area (Å²) in [5, 5.41) is 7.01. The van der Waals surface area contributed by atoms with E-state index in [0.29, 0.717) is 18.7 Å². The monoisotopic (exact) mass is 410 g/mol. The van der Waals surface area contributed by atoms with E-state index in [4.69, 9.17) is 4.74 Å². The Kier molecular flexibility index (Phi) is 5.57. The maximum absolute atomic E-state index is 13.1. The van der Waals surface area contributed by atoms with Crippen LogP contribution in [0.25, 0.3) is 0 Å². The lowest BCUT2D eigenvalue weighted by Crippen LogP contribution is -2.56. The standard InChI is InChI=1S/C22H26N4O4/c1-3-7-15-10-18(24-23-15)21(28)25-12-16-11-17(22(29)30-2)20(26(16)19(27)13-25)14-8-5-4-6-9-14/h4-6,8-10,16-17,20H,3,7,11-13H2,1-2H3,(H,23,24)/t16-,17-,20-/m0/s1. The van der Waals surface area contributed by atoms with Crippen molar-refractivity contribution in [1.29, 1.82) is 0 Å². The summed E-state index contributed by atoms with van der Waals surface area (Å²) in [6.45, 7) is 2.40. The number of amides is 2. The van der Waals surface area contributed by atoms with Crippen molar-refractivity contribution in [3.8, 4) is 0 Å². The normalized spacial score (nSPS) is 23.4. The fraction of sp³-hybridized carbons (Fsp3) is 0.455. The number of carbonyl (C=O) groups excluding carboxylic acids is 3. The van der Waals surface area contributed by atoms with Crippen molar-refractivity contribution in [2.45, 2.75) is 38.3 Å². The summed E-state index contributed by atoms with van der Waals surface area (Å²) in [6, 6.07) is 10.7. The number of piperazine rings is 1. The van der Waals surface area contributed by atoms with Crippen molar-refractivity contribution in [1.82, 2.24) is 20.0 Å². The van der Waals surface area contributed by atoms with Gasteiger partial charge in [0.2, 0.25) is 5.91 Å². The molecule has 4 rings (SSSR count). The van der Waals surface area contributed by atoms with Gasteiger partial charge in [-0.25, -0.2) is 0 Å². The van der Waals surface area contributed by atoms with Crippen LogP contribution in [0.15, 0.2) is 36.4 Å². The number of nitrogens with zero attached hydrogens (tertiary/aromatic N) is 3. The van der Waals surface area contributed by atoms with Gasteiger partial charge in [-0.2, -0.15) is 5.10 Å². The Hall–Kier alpha value is -3.16. The van der Waals surface area contributed by atoms with Crippen LogP contribution in [0.1, 0.15) is 47.6 Å². The van der Waals surface area contributed by atoms with Gasteiger partial charge in [0.05, 0.1) is 25.1 Å². The maximum Gasteiger partial charge on any atom is 0.311 e. The van der Waals surface area contributed by atoms with Crippen LogP contribution in [0.3, 0.4) is 0 Å². The number of benzene rings is 1. The van der Waals surface area contributed by atoms with Crippen LogP contribution < -0.4 is 0 Å². The molecule has 1 aromatic carbocycles. The first kappa shape index (κ1) is 20.1. The molecule has 3 heterocycles. The van der Waals surface area contributed by atoms with Crippen LogP contribution in [-0.2, 0) is 20.7 Å². The molecular weight excluding hydrogens is 384 g/mol. The minimum Gasteiger partial charge on any atom is -0.469 e. The van der Waals surface area contributed by atoms with Crippen molar-refractivity contribution >= 4 is 17.8 Å². The molecule has 2 aromatic rings. The zero-order valence-electron chi connectivity index (χ0n) is 17.2. The van der Waals surface area contributed by atoms with E-state index in [2.05, 4.69) is 17.1 Å². The number of methoxy groups -OCH3 is 1. The highest BCUT2D eigenvalue weighted by Crippen LogP contribution is 2.43. The second kappa shape index (κ2) is 8.30. The van der Waals surface area contributed by atoms with E-state index in [1.54, 1.807) is 11.0 Å². The molecule has 158 valence electrons. The summed E-state index contributed by atoms with van der Waals surface area (Å²) in [6.07, 6.45) is 2.23. The third-order valence-corrected chi connectivity index (χ3v) is 5.95. The molecule has 2 aliphatic rings. The fourth-order valence-corrected chi connectivity index (χ4v) is 4.65. The largest absolute Gasteiger partial charge is 0.469 e. The van der Waals surface area contributed by atoms with Gasteiger partial charge in [-0.05, 0) is 24.5 Å². The summed E-state index contributed by atoms with van der Waals surface area (Å²) >= 11 is 0. The van der Waals surface area contributed by atoms with E-state index in [-0.39, 0.29) is 36.4 Å². The summed E-state index contributed by atoms with van der Waals surface area (Å²) in [5.41, 5.74) is 2.13. The first-order valence-electron chi connectivity index (χ1n) is 10.3. The van der Waals surface area contributed by atoms with E-state index < -0.39 is 5.92 Å². The zero-order valence-corrected chi connectivity index (χ0v) is 17.2. The Labute approximate surface area is 175 Å². The predicted octanol–water partition coefficient (Wildman–Crippen LogP) is 1.95. The highest BCUT2D eigenvalue weighted by atomic mass is 16.5. The number of rotatable bonds is 5. The molecule has 0 aliphatic carbocycles. The number of hydrogen-bond acceptors (Lipinski definition) is 5. The number of ether oxygens (including phenoxy) is 1. The molecule has 2 aliphatic heterocycles. The van der Waals surface area contributed by atoms with Crippen molar-refractivity contribution in [2.24, 2.45) is 5.92 Å². The molecule has 0 unspecified atom stereocenters. The molecule has 2 saturated heterocycles. The second-order valence-electron chi connectivity index (χ2n) is 7.89. The van der Waals surface area contributed by atoms with Crippen molar-refractivity contribution in [3.63, 3.8) is 0 Å². The Balaban J connectivity index is 1.58. The summed E-state index contributed by atoms with van der Waals surface area (Å²) < 4.78 is 5.02. The second-order valence-corrected chi connectivity index (χ2v) is 7.89. The molecule has 0 bridgehead atoms. The summed E-state index contributed by atoms with van der Waals surface area (Å²) in [5.74, 6) is -1.22. The molecule has 0 radical (unpaired) electrons. The molecule has 8 nitrogen and oxygen atoms in total. The number of aryl methyl sites for hydroxylation is 1. The number of carbonyl (C=O) groups is 3. The van der Waals surface area contributed by atoms with Crippen LogP contribution >= 0.6 is 0 Å². The molecule has 3 atom stereocenters. The third-order valence-electron chi connectivity index (χ3n) is 5.95. The van der Waals surface area contributed by atoms with Gasteiger partial charge in [0.25, 0.3) is 5.91 Å². The van der Waals surface area contributed by atoms with E-state index in [1.807, 2.05) is 30.3 Å². The lowest BCUT2D eigenvalue weighted by molar-refractivity contribution is -0.147. The zero-order chi connectivity index (χ0) is 21.3. The smallest absolute Gasteiger partial charge is 0.311 e. The number of aromatic nitrogens is 2. The van der Waals surface area contributed by atoms with Gasteiger partial charge in [0.1, 0.15) is 12.2 Å². The van der Waals surface area contributed by atoms with Gasteiger partial charge in [-0.15, -0.1) is 0 Å². The predicted molar refractivity (Wildman–Crippen MR) is 108 cm³/mol. The lowest BCUT2D eigenvalue weighted by atomic mass is 9.93. The molecule has 8 heteroatoms. The van der Waals surface area contributed by atoms with Gasteiger partial charge in [-0.3, -0.25) is 19.5 Å². The number of H-pyrrole nitrogens is 1. The average Bonchev–Trinajstić information content (AvgIpc) is 3.38. The molecule has 30 heavy (non-hydrogen) atoms. The molecule has 0 spiro atoms. The van der Waals surface area contributed by atoms with E-state index in [9.17, 15) is 14.4 Å². The lowest BCUT2D eigenvalue weighted by Gasteiger charge is -2.39. The molecule has 2 fully saturated rings. The van der Waals surface area contributed by atoms with Crippen molar-refractivity contribution < 1.29 is 19.1 Å².